The third kappa shape index (κ3) is 4.08. The van der Waals surface area contributed by atoms with Crippen LogP contribution in [0.4, 0.5) is 4.39 Å². The molecule has 3 rings (SSSR count). The van der Waals surface area contributed by atoms with Crippen molar-refractivity contribution in [2.75, 3.05) is 6.61 Å². The number of esters is 1. The highest BCUT2D eigenvalue weighted by Gasteiger charge is 2.16. The predicted octanol–water partition coefficient (Wildman–Crippen LogP) is 4.68. The van der Waals surface area contributed by atoms with Crippen molar-refractivity contribution < 1.29 is 18.7 Å². The van der Waals surface area contributed by atoms with Crippen LogP contribution in [0.3, 0.4) is 0 Å². The molecule has 0 atom stereocenters. The van der Waals surface area contributed by atoms with Crippen LogP contribution in [0.25, 0.3) is 16.8 Å². The van der Waals surface area contributed by atoms with Gasteiger partial charge >= 0.3 is 5.97 Å². The average molecular weight is 398 g/mol. The Balaban J connectivity index is 2.18. The van der Waals surface area contributed by atoms with Crippen molar-refractivity contribution in [3.8, 4) is 17.7 Å². The molecule has 0 bridgehead atoms. The monoisotopic (exact) mass is 397 g/mol. The molecular formula is C20H13ClFN3O3. The van der Waals surface area contributed by atoms with Gasteiger partial charge in [-0.2, -0.15) is 14.6 Å². The largest absolute Gasteiger partial charge is 0.462 e. The normalized spacial score (nSPS) is 11.1. The molecule has 2 aromatic carbocycles. The Morgan fingerprint density at radius 1 is 1.32 bits per heavy atom. The molecule has 0 aliphatic rings. The summed E-state index contributed by atoms with van der Waals surface area (Å²) < 4.78 is 24.5. The van der Waals surface area contributed by atoms with Crippen molar-refractivity contribution in [1.82, 2.24) is 9.97 Å². The highest BCUT2D eigenvalue weighted by molar-refractivity contribution is 6.28. The van der Waals surface area contributed by atoms with Gasteiger partial charge < -0.3 is 9.47 Å². The minimum atomic E-state index is -0.807. The molecule has 0 aliphatic carbocycles. The lowest BCUT2D eigenvalue weighted by Crippen LogP contribution is -2.06. The van der Waals surface area contributed by atoms with Crippen molar-refractivity contribution in [2.24, 2.45) is 0 Å². The molecular weight excluding hydrogens is 385 g/mol. The predicted molar refractivity (Wildman–Crippen MR) is 101 cm³/mol. The summed E-state index contributed by atoms with van der Waals surface area (Å²) in [5, 5.41) is 10.7. The van der Waals surface area contributed by atoms with E-state index in [-0.39, 0.29) is 29.1 Å². The summed E-state index contributed by atoms with van der Waals surface area (Å²) in [6.07, 6.45) is 2.23. The number of nitrogens with zero attached hydrogens (tertiary/aromatic N) is 3. The number of rotatable bonds is 5. The molecule has 8 heteroatoms. The molecule has 140 valence electrons. The summed E-state index contributed by atoms with van der Waals surface area (Å²) in [4.78, 5) is 19.3. The molecule has 1 heterocycles. The summed E-state index contributed by atoms with van der Waals surface area (Å²) in [6, 6.07) is 12.5. The minimum Gasteiger partial charge on any atom is -0.462 e. The van der Waals surface area contributed by atoms with E-state index in [0.717, 1.165) is 11.6 Å². The Hall–Kier alpha value is -3.50. The molecule has 0 N–H and O–H groups in total. The van der Waals surface area contributed by atoms with Gasteiger partial charge in [0.25, 0.3) is 5.88 Å². The third-order valence-electron chi connectivity index (χ3n) is 3.72. The Morgan fingerprint density at radius 3 is 2.86 bits per heavy atom. The molecule has 0 saturated carbocycles. The van der Waals surface area contributed by atoms with Crippen LogP contribution in [-0.2, 0) is 9.53 Å². The van der Waals surface area contributed by atoms with Gasteiger partial charge in [-0.25, -0.2) is 9.78 Å². The lowest BCUT2D eigenvalue weighted by atomic mass is 10.0. The Morgan fingerprint density at radius 2 is 2.11 bits per heavy atom. The fourth-order valence-electron chi connectivity index (χ4n) is 2.51. The number of aromatic nitrogens is 2. The Kier molecular flexibility index (Phi) is 5.82. The maximum Gasteiger partial charge on any atom is 0.348 e. The van der Waals surface area contributed by atoms with Crippen molar-refractivity contribution in [3.05, 3.63) is 64.8 Å². The molecule has 28 heavy (non-hydrogen) atoms. The summed E-state index contributed by atoms with van der Waals surface area (Å²) in [7, 11) is 0. The zero-order chi connectivity index (χ0) is 20.1. The highest BCUT2D eigenvalue weighted by Crippen LogP contribution is 2.33. The molecule has 1 aromatic heterocycles. The Labute approximate surface area is 164 Å². The molecule has 0 unspecified atom stereocenters. The summed E-state index contributed by atoms with van der Waals surface area (Å²) in [6.45, 7) is 1.77. The van der Waals surface area contributed by atoms with Crippen molar-refractivity contribution in [1.29, 1.82) is 5.26 Å². The number of halogens is 2. The number of fused-ring (bicyclic) bond motifs is 1. The highest BCUT2D eigenvalue weighted by atomic mass is 35.5. The maximum atomic E-state index is 14.0. The molecule has 0 fully saturated rings. The van der Waals surface area contributed by atoms with Crippen LogP contribution in [0.5, 0.6) is 11.6 Å². The second-order valence-corrected chi connectivity index (χ2v) is 5.82. The van der Waals surface area contributed by atoms with Crippen molar-refractivity contribution in [3.63, 3.8) is 0 Å². The van der Waals surface area contributed by atoms with Crippen LogP contribution in [-0.4, -0.2) is 22.5 Å². The smallest absolute Gasteiger partial charge is 0.348 e. The van der Waals surface area contributed by atoms with E-state index in [1.54, 1.807) is 31.2 Å². The second kappa shape index (κ2) is 8.46. The van der Waals surface area contributed by atoms with Gasteiger partial charge in [0.2, 0.25) is 11.1 Å². The quantitative estimate of drug-likeness (QED) is 0.269. The van der Waals surface area contributed by atoms with E-state index >= 15 is 0 Å². The molecule has 6 nitrogen and oxygen atoms in total. The van der Waals surface area contributed by atoms with Gasteiger partial charge in [-0.1, -0.05) is 30.3 Å². The van der Waals surface area contributed by atoms with Crippen molar-refractivity contribution >= 4 is 34.4 Å². The average Bonchev–Trinajstić information content (AvgIpc) is 2.70. The number of hydrogen-bond acceptors (Lipinski definition) is 6. The summed E-state index contributed by atoms with van der Waals surface area (Å²) in [5.74, 6) is -1.76. The summed E-state index contributed by atoms with van der Waals surface area (Å²) >= 11 is 5.72. The van der Waals surface area contributed by atoms with Crippen LogP contribution >= 0.6 is 11.6 Å². The van der Waals surface area contributed by atoms with Gasteiger partial charge in [-0.05, 0) is 41.4 Å². The number of nitriles is 1. The lowest BCUT2D eigenvalue weighted by molar-refractivity contribution is -0.137. The van der Waals surface area contributed by atoms with Crippen LogP contribution in [0.2, 0.25) is 5.28 Å². The number of benzene rings is 2. The van der Waals surface area contributed by atoms with Crippen LogP contribution in [0, 0.1) is 17.1 Å². The first-order valence-electron chi connectivity index (χ1n) is 8.20. The molecule has 0 amide bonds. The van der Waals surface area contributed by atoms with Crippen LogP contribution in [0.15, 0.2) is 48.2 Å². The number of hydrogen-bond donors (Lipinski definition) is 0. The first-order valence-corrected chi connectivity index (χ1v) is 8.57. The molecule has 0 radical (unpaired) electrons. The fraction of sp³-hybridized carbons (Fsp3) is 0.100. The minimum absolute atomic E-state index is 0.126. The van der Waals surface area contributed by atoms with Crippen LogP contribution in [0.1, 0.15) is 12.5 Å². The van der Waals surface area contributed by atoms with Gasteiger partial charge in [0.1, 0.15) is 17.4 Å². The zero-order valence-electron chi connectivity index (χ0n) is 14.6. The second-order valence-electron chi connectivity index (χ2n) is 5.48. The van der Waals surface area contributed by atoms with Crippen molar-refractivity contribution in [2.45, 2.75) is 6.92 Å². The first-order chi connectivity index (χ1) is 13.5. The SMILES string of the molecule is CCOC(=O)/C(C#N)=C/c1c(Oc2nc(Cl)ncc2F)ccc2ccccc12. The summed E-state index contributed by atoms with van der Waals surface area (Å²) in [5.41, 5.74) is 0.182. The lowest BCUT2D eigenvalue weighted by Gasteiger charge is -2.12. The van der Waals surface area contributed by atoms with Gasteiger partial charge in [0.05, 0.1) is 12.8 Å². The van der Waals surface area contributed by atoms with E-state index in [9.17, 15) is 14.4 Å². The van der Waals surface area contributed by atoms with Crippen LogP contribution < -0.4 is 4.74 Å². The fourth-order valence-corrected chi connectivity index (χ4v) is 2.64. The topological polar surface area (TPSA) is 85.1 Å². The van der Waals surface area contributed by atoms with E-state index in [0.29, 0.717) is 10.9 Å². The number of ether oxygens (including phenoxy) is 2. The molecule has 0 spiro atoms. The zero-order valence-corrected chi connectivity index (χ0v) is 15.4. The molecule has 0 saturated heterocycles. The van der Waals surface area contributed by atoms with Gasteiger partial charge in [-0.15, -0.1) is 0 Å². The molecule has 0 aliphatic heterocycles. The third-order valence-corrected chi connectivity index (χ3v) is 3.91. The van der Waals surface area contributed by atoms with E-state index in [4.69, 9.17) is 21.1 Å². The van der Waals surface area contributed by atoms with E-state index in [1.807, 2.05) is 18.2 Å². The number of carbonyl (C=O) groups is 1. The van der Waals surface area contributed by atoms with E-state index in [2.05, 4.69) is 9.97 Å². The number of carbonyl (C=O) groups excluding carboxylic acids is 1. The van der Waals surface area contributed by atoms with Gasteiger partial charge in [0.15, 0.2) is 0 Å². The molecule has 3 aromatic rings. The van der Waals surface area contributed by atoms with E-state index in [1.165, 1.54) is 6.08 Å². The standard InChI is InChI=1S/C20H13ClFN3O3/c1-2-27-19(26)13(10-23)9-15-14-6-4-3-5-12(14)7-8-17(15)28-18-16(22)11-24-20(21)25-18/h3-9,11H,2H2,1H3/b13-9+. The maximum absolute atomic E-state index is 14.0. The van der Waals surface area contributed by atoms with Gasteiger partial charge in [-0.3, -0.25) is 0 Å². The van der Waals surface area contributed by atoms with Gasteiger partial charge in [0, 0.05) is 5.56 Å². The first kappa shape index (κ1) is 19.3. The van der Waals surface area contributed by atoms with E-state index < -0.39 is 11.8 Å². The Bertz CT molecular complexity index is 1130.